The minimum Gasteiger partial charge on any atom is -0.497 e. The molecule has 0 aliphatic rings. The molecule has 0 amide bonds. The van der Waals surface area contributed by atoms with E-state index in [0.29, 0.717) is 0 Å². The van der Waals surface area contributed by atoms with Gasteiger partial charge in [0, 0.05) is 5.82 Å². The lowest BCUT2D eigenvalue weighted by Crippen LogP contribution is -1.81. The van der Waals surface area contributed by atoms with E-state index in [0.717, 1.165) is 11.3 Å². The number of hydrogen-bond acceptors (Lipinski definition) is 2. The van der Waals surface area contributed by atoms with Crippen LogP contribution < -0.4 is 4.74 Å². The van der Waals surface area contributed by atoms with Crippen molar-refractivity contribution in [2.45, 2.75) is 0 Å². The Labute approximate surface area is 92.4 Å². The van der Waals surface area contributed by atoms with E-state index in [4.69, 9.17) is 27.2 Å². The second-order valence-corrected chi connectivity index (χ2v) is 7.43. The molecule has 0 fully saturated rings. The standard InChI is InChI=1S/C9H9Cl2O2P/c1-13-9-4-2-8(3-5-9)6-7-14(10,11)12/h2-7H,1H3/b7-6+. The lowest BCUT2D eigenvalue weighted by molar-refractivity contribution is 0.415. The molecule has 0 saturated heterocycles. The first-order chi connectivity index (χ1) is 6.51. The Morgan fingerprint density at radius 1 is 1.29 bits per heavy atom. The Morgan fingerprint density at radius 3 is 2.29 bits per heavy atom. The van der Waals surface area contributed by atoms with Crippen molar-refractivity contribution >= 4 is 34.4 Å². The maximum absolute atomic E-state index is 10.9. The third kappa shape index (κ3) is 4.19. The van der Waals surface area contributed by atoms with Crippen molar-refractivity contribution in [3.63, 3.8) is 0 Å². The number of halogens is 2. The third-order valence-electron chi connectivity index (χ3n) is 1.56. The van der Waals surface area contributed by atoms with Crippen molar-refractivity contribution in [3.8, 4) is 5.75 Å². The highest BCUT2D eigenvalue weighted by atomic mass is 35.9. The quantitative estimate of drug-likeness (QED) is 0.747. The van der Waals surface area contributed by atoms with Gasteiger partial charge in [0.25, 0.3) is 5.85 Å². The summed E-state index contributed by atoms with van der Waals surface area (Å²) in [5.41, 5.74) is 0.868. The second-order valence-electron chi connectivity index (χ2n) is 2.59. The van der Waals surface area contributed by atoms with E-state index in [1.165, 1.54) is 5.82 Å². The molecule has 14 heavy (non-hydrogen) atoms. The maximum Gasteiger partial charge on any atom is 0.274 e. The molecule has 0 N–H and O–H groups in total. The lowest BCUT2D eigenvalue weighted by Gasteiger charge is -1.99. The fourth-order valence-electron chi connectivity index (χ4n) is 0.888. The van der Waals surface area contributed by atoms with Gasteiger partial charge in [-0.3, -0.25) is 4.57 Å². The summed E-state index contributed by atoms with van der Waals surface area (Å²) in [4.78, 5) is 0. The highest BCUT2D eigenvalue weighted by Crippen LogP contribution is 2.58. The molecular formula is C9H9Cl2O2P. The zero-order valence-electron chi connectivity index (χ0n) is 7.48. The Kier molecular flexibility index (Phi) is 4.06. The van der Waals surface area contributed by atoms with Crippen molar-refractivity contribution in [2.24, 2.45) is 0 Å². The van der Waals surface area contributed by atoms with Crippen LogP contribution in [0.25, 0.3) is 6.08 Å². The molecule has 1 rings (SSSR count). The molecule has 1 aromatic rings. The van der Waals surface area contributed by atoms with Gasteiger partial charge in [0.05, 0.1) is 7.11 Å². The molecule has 0 aliphatic heterocycles. The zero-order chi connectivity index (χ0) is 10.6. The van der Waals surface area contributed by atoms with Crippen LogP contribution in [0.5, 0.6) is 5.75 Å². The molecule has 2 nitrogen and oxygen atoms in total. The predicted octanol–water partition coefficient (Wildman–Crippen LogP) is 4.34. The minimum atomic E-state index is -3.12. The highest BCUT2D eigenvalue weighted by molar-refractivity contribution is 8.10. The van der Waals surface area contributed by atoms with Gasteiger partial charge in [0.1, 0.15) is 5.75 Å². The second kappa shape index (κ2) is 4.88. The van der Waals surface area contributed by atoms with Crippen LogP contribution in [0.4, 0.5) is 0 Å². The van der Waals surface area contributed by atoms with Crippen LogP contribution in [0.2, 0.25) is 0 Å². The van der Waals surface area contributed by atoms with Crippen LogP contribution in [0.1, 0.15) is 5.56 Å². The summed E-state index contributed by atoms with van der Waals surface area (Å²) in [6.45, 7) is 0. The zero-order valence-corrected chi connectivity index (χ0v) is 9.89. The van der Waals surface area contributed by atoms with Gasteiger partial charge in [-0.2, -0.15) is 0 Å². The summed E-state index contributed by atoms with van der Waals surface area (Å²) in [6, 6.07) is 7.23. The Bertz CT molecular complexity index is 367. The van der Waals surface area contributed by atoms with Gasteiger partial charge in [-0.1, -0.05) is 12.1 Å². The van der Waals surface area contributed by atoms with E-state index in [2.05, 4.69) is 0 Å². The Morgan fingerprint density at radius 2 is 1.86 bits per heavy atom. The summed E-state index contributed by atoms with van der Waals surface area (Å²) in [7, 11) is 1.59. The van der Waals surface area contributed by atoms with Gasteiger partial charge >= 0.3 is 0 Å². The number of rotatable bonds is 3. The number of methoxy groups -OCH3 is 1. The van der Waals surface area contributed by atoms with Gasteiger partial charge in [-0.25, -0.2) is 0 Å². The Hall–Kier alpha value is -0.430. The van der Waals surface area contributed by atoms with Crippen molar-refractivity contribution in [1.82, 2.24) is 0 Å². The van der Waals surface area contributed by atoms with E-state index >= 15 is 0 Å². The average molecular weight is 251 g/mol. The monoisotopic (exact) mass is 250 g/mol. The first-order valence-corrected chi connectivity index (χ1v) is 7.42. The molecular weight excluding hydrogens is 242 g/mol. The van der Waals surface area contributed by atoms with E-state index in [-0.39, 0.29) is 0 Å². The van der Waals surface area contributed by atoms with Crippen molar-refractivity contribution in [2.75, 3.05) is 7.11 Å². The largest absolute Gasteiger partial charge is 0.497 e. The van der Waals surface area contributed by atoms with E-state index in [9.17, 15) is 4.57 Å². The lowest BCUT2D eigenvalue weighted by atomic mass is 10.2. The molecule has 1 aromatic carbocycles. The van der Waals surface area contributed by atoms with Gasteiger partial charge in [-0.15, -0.1) is 0 Å². The minimum absolute atomic E-state index is 0.766. The van der Waals surface area contributed by atoms with Gasteiger partial charge in [0.15, 0.2) is 0 Å². The normalized spacial score (nSPS) is 11.9. The molecule has 0 aliphatic carbocycles. The summed E-state index contributed by atoms with van der Waals surface area (Å²) < 4.78 is 15.9. The molecule has 0 bridgehead atoms. The molecule has 0 atom stereocenters. The third-order valence-corrected chi connectivity index (χ3v) is 2.73. The van der Waals surface area contributed by atoms with Crippen LogP contribution in [0.15, 0.2) is 30.1 Å². The average Bonchev–Trinajstić information content (AvgIpc) is 2.14. The Balaban J connectivity index is 2.79. The topological polar surface area (TPSA) is 26.3 Å². The van der Waals surface area contributed by atoms with Gasteiger partial charge in [0.2, 0.25) is 0 Å². The fourth-order valence-corrected chi connectivity index (χ4v) is 1.57. The van der Waals surface area contributed by atoms with Crippen LogP contribution in [0.3, 0.4) is 0 Å². The molecule has 76 valence electrons. The van der Waals surface area contributed by atoms with Crippen LogP contribution in [-0.4, -0.2) is 7.11 Å². The molecule has 0 spiro atoms. The summed E-state index contributed by atoms with van der Waals surface area (Å²) in [5, 5.41) is 0. The first kappa shape index (κ1) is 11.6. The van der Waals surface area contributed by atoms with Crippen molar-refractivity contribution in [3.05, 3.63) is 35.6 Å². The molecule has 0 aromatic heterocycles. The van der Waals surface area contributed by atoms with E-state index in [1.807, 2.05) is 12.1 Å². The van der Waals surface area contributed by atoms with E-state index < -0.39 is 5.85 Å². The highest BCUT2D eigenvalue weighted by Gasteiger charge is 2.06. The summed E-state index contributed by atoms with van der Waals surface area (Å²) in [6.07, 6.45) is 1.61. The first-order valence-electron chi connectivity index (χ1n) is 3.83. The van der Waals surface area contributed by atoms with E-state index in [1.54, 1.807) is 25.3 Å². The predicted molar refractivity (Wildman–Crippen MR) is 61.3 cm³/mol. The number of ether oxygens (including phenoxy) is 1. The van der Waals surface area contributed by atoms with Crippen molar-refractivity contribution < 1.29 is 9.30 Å². The van der Waals surface area contributed by atoms with Crippen LogP contribution in [0, 0.1) is 0 Å². The molecule has 0 saturated carbocycles. The molecule has 0 unspecified atom stereocenters. The molecule has 5 heteroatoms. The number of hydrogen-bond donors (Lipinski definition) is 0. The molecule has 0 heterocycles. The number of benzene rings is 1. The SMILES string of the molecule is COc1ccc(/C=C/P(=O)(Cl)Cl)cc1. The summed E-state index contributed by atoms with van der Waals surface area (Å²) >= 11 is 10.7. The maximum atomic E-state index is 10.9. The van der Waals surface area contributed by atoms with Gasteiger partial charge in [-0.05, 0) is 46.3 Å². The van der Waals surface area contributed by atoms with Crippen LogP contribution >= 0.6 is 28.3 Å². The summed E-state index contributed by atoms with van der Waals surface area (Å²) in [5.74, 6) is -1.06. The van der Waals surface area contributed by atoms with Gasteiger partial charge < -0.3 is 4.74 Å². The smallest absolute Gasteiger partial charge is 0.274 e. The molecule has 0 radical (unpaired) electrons. The van der Waals surface area contributed by atoms with Crippen molar-refractivity contribution in [1.29, 1.82) is 0 Å². The fraction of sp³-hybridized carbons (Fsp3) is 0.111. The van der Waals surface area contributed by atoms with Crippen LogP contribution in [-0.2, 0) is 4.57 Å².